The third-order valence-electron chi connectivity index (χ3n) is 2.62. The minimum Gasteiger partial charge on any atom is -0.314 e. The average molecular weight is 252 g/mol. The fraction of sp³-hybridized carbons (Fsp3) is 0.333. The first-order chi connectivity index (χ1) is 8.24. The molecule has 17 heavy (non-hydrogen) atoms. The topological polar surface area (TPSA) is 54.0 Å². The van der Waals surface area contributed by atoms with Crippen LogP contribution in [-0.4, -0.2) is 11.0 Å². The van der Waals surface area contributed by atoms with Crippen molar-refractivity contribution in [3.05, 3.63) is 35.1 Å². The third-order valence-corrected chi connectivity index (χ3v) is 2.85. The van der Waals surface area contributed by atoms with Crippen LogP contribution < -0.4 is 10.6 Å². The Morgan fingerprint density at radius 2 is 2.12 bits per heavy atom. The lowest BCUT2D eigenvalue weighted by Crippen LogP contribution is -2.24. The summed E-state index contributed by atoms with van der Waals surface area (Å²) >= 11 is 5.70. The molecule has 1 aliphatic carbocycles. The van der Waals surface area contributed by atoms with Crippen molar-refractivity contribution in [2.45, 2.75) is 25.7 Å². The van der Waals surface area contributed by atoms with Gasteiger partial charge in [-0.1, -0.05) is 17.2 Å². The molecule has 0 saturated heterocycles. The standard InChI is InChI=1S/C12H14ClN3O/c13-10-5-6-11(14-8-10)16-12(17)15-7-9-3-1-2-4-9/h5-8H,1-4H2,(H2,14,15,16,17). The Balaban J connectivity index is 1.84. The highest BCUT2D eigenvalue weighted by atomic mass is 35.5. The van der Waals surface area contributed by atoms with Gasteiger partial charge < -0.3 is 5.32 Å². The van der Waals surface area contributed by atoms with Crippen LogP contribution in [0.3, 0.4) is 0 Å². The molecule has 0 aliphatic heterocycles. The number of nitrogens with one attached hydrogen (secondary N) is 2. The van der Waals surface area contributed by atoms with E-state index in [1.54, 1.807) is 18.3 Å². The minimum atomic E-state index is -0.278. The van der Waals surface area contributed by atoms with E-state index >= 15 is 0 Å². The third kappa shape index (κ3) is 3.75. The van der Waals surface area contributed by atoms with Gasteiger partial charge in [0.05, 0.1) is 5.02 Å². The van der Waals surface area contributed by atoms with E-state index in [0.29, 0.717) is 10.8 Å². The summed E-state index contributed by atoms with van der Waals surface area (Å²) < 4.78 is 0. The van der Waals surface area contributed by atoms with Crippen molar-refractivity contribution in [2.24, 2.45) is 0 Å². The average Bonchev–Trinajstić information content (AvgIpc) is 2.83. The molecule has 2 amide bonds. The van der Waals surface area contributed by atoms with E-state index < -0.39 is 0 Å². The van der Waals surface area contributed by atoms with E-state index in [2.05, 4.69) is 15.6 Å². The Bertz CT molecular complexity index is 420. The highest BCUT2D eigenvalue weighted by Gasteiger charge is 2.07. The summed E-state index contributed by atoms with van der Waals surface area (Å²) in [5.41, 5.74) is 1.30. The number of amides is 2. The lowest BCUT2D eigenvalue weighted by Gasteiger charge is -2.04. The molecule has 0 aromatic carbocycles. The predicted molar refractivity (Wildman–Crippen MR) is 68.0 cm³/mol. The molecular weight excluding hydrogens is 238 g/mol. The van der Waals surface area contributed by atoms with Crippen molar-refractivity contribution in [3.63, 3.8) is 0 Å². The molecule has 1 aromatic heterocycles. The maximum atomic E-state index is 11.5. The highest BCUT2D eigenvalue weighted by Crippen LogP contribution is 2.22. The molecule has 5 heteroatoms. The van der Waals surface area contributed by atoms with Crippen LogP contribution in [0.5, 0.6) is 0 Å². The number of hydrogen-bond acceptors (Lipinski definition) is 2. The molecule has 1 fully saturated rings. The van der Waals surface area contributed by atoms with Crippen molar-refractivity contribution >= 4 is 23.4 Å². The van der Waals surface area contributed by atoms with Gasteiger partial charge in [0.15, 0.2) is 0 Å². The monoisotopic (exact) mass is 251 g/mol. The second-order valence-electron chi connectivity index (χ2n) is 3.97. The number of carbonyl (C=O) groups is 1. The van der Waals surface area contributed by atoms with Gasteiger partial charge in [0, 0.05) is 12.4 Å². The highest BCUT2D eigenvalue weighted by molar-refractivity contribution is 6.30. The van der Waals surface area contributed by atoms with E-state index in [9.17, 15) is 4.79 Å². The van der Waals surface area contributed by atoms with Crippen LogP contribution in [0.25, 0.3) is 0 Å². The van der Waals surface area contributed by atoms with Gasteiger partial charge in [-0.25, -0.2) is 9.78 Å². The summed E-state index contributed by atoms with van der Waals surface area (Å²) in [6.45, 7) is 0. The Labute approximate surface area is 105 Å². The number of pyridine rings is 1. The molecule has 2 N–H and O–H groups in total. The summed E-state index contributed by atoms with van der Waals surface area (Å²) in [4.78, 5) is 15.5. The van der Waals surface area contributed by atoms with Gasteiger partial charge in [-0.15, -0.1) is 0 Å². The lowest BCUT2D eigenvalue weighted by molar-refractivity contribution is 0.255. The zero-order valence-electron chi connectivity index (χ0n) is 9.37. The summed E-state index contributed by atoms with van der Waals surface area (Å²) in [7, 11) is 0. The molecule has 0 radical (unpaired) electrons. The van der Waals surface area contributed by atoms with Gasteiger partial charge in [-0.2, -0.15) is 0 Å². The number of hydrogen-bond donors (Lipinski definition) is 2. The van der Waals surface area contributed by atoms with Crippen molar-refractivity contribution < 1.29 is 4.79 Å². The summed E-state index contributed by atoms with van der Waals surface area (Å²) in [6.07, 6.45) is 7.88. The first-order valence-electron chi connectivity index (χ1n) is 5.61. The molecule has 1 heterocycles. The van der Waals surface area contributed by atoms with Crippen molar-refractivity contribution in [1.29, 1.82) is 0 Å². The molecule has 0 unspecified atom stereocenters. The lowest BCUT2D eigenvalue weighted by atomic mass is 10.2. The largest absolute Gasteiger partial charge is 0.324 e. The molecule has 1 saturated carbocycles. The molecule has 4 nitrogen and oxygen atoms in total. The zero-order valence-corrected chi connectivity index (χ0v) is 10.1. The van der Waals surface area contributed by atoms with Crippen molar-refractivity contribution in [2.75, 3.05) is 5.32 Å². The number of aromatic nitrogens is 1. The van der Waals surface area contributed by atoms with Crippen LogP contribution >= 0.6 is 11.6 Å². The van der Waals surface area contributed by atoms with E-state index in [4.69, 9.17) is 11.6 Å². The first-order valence-corrected chi connectivity index (χ1v) is 5.99. The number of anilines is 1. The van der Waals surface area contributed by atoms with Crippen LogP contribution in [-0.2, 0) is 0 Å². The van der Waals surface area contributed by atoms with E-state index in [1.807, 2.05) is 0 Å². The molecule has 1 aliphatic rings. The predicted octanol–water partition coefficient (Wildman–Crippen LogP) is 3.31. The molecule has 1 aromatic rings. The van der Waals surface area contributed by atoms with Crippen molar-refractivity contribution in [3.8, 4) is 0 Å². The zero-order chi connectivity index (χ0) is 12.1. The van der Waals surface area contributed by atoms with Gasteiger partial charge in [0.25, 0.3) is 0 Å². The molecule has 90 valence electrons. The Morgan fingerprint density at radius 1 is 1.35 bits per heavy atom. The van der Waals surface area contributed by atoms with Gasteiger partial charge in [-0.05, 0) is 37.8 Å². The molecule has 0 spiro atoms. The number of halogens is 1. The van der Waals surface area contributed by atoms with Gasteiger partial charge in [0.1, 0.15) is 5.82 Å². The SMILES string of the molecule is O=C(NC=C1CCCC1)Nc1ccc(Cl)cn1. The number of allylic oxidation sites excluding steroid dienone is 1. The van der Waals surface area contributed by atoms with Crippen LogP contribution in [0.15, 0.2) is 30.1 Å². The number of nitrogens with zero attached hydrogens (tertiary/aromatic N) is 1. The summed E-state index contributed by atoms with van der Waals surface area (Å²) in [5, 5.41) is 5.88. The fourth-order valence-corrected chi connectivity index (χ4v) is 1.86. The summed E-state index contributed by atoms with van der Waals surface area (Å²) in [6, 6.07) is 3.06. The molecular formula is C12H14ClN3O. The van der Waals surface area contributed by atoms with Crippen LogP contribution in [0.4, 0.5) is 10.6 Å². The van der Waals surface area contributed by atoms with Gasteiger partial charge in [-0.3, -0.25) is 5.32 Å². The normalized spacial score (nSPS) is 14.5. The quantitative estimate of drug-likeness (QED) is 0.847. The molecule has 0 atom stereocenters. The van der Waals surface area contributed by atoms with E-state index in [-0.39, 0.29) is 6.03 Å². The second kappa shape index (κ2) is 5.68. The maximum Gasteiger partial charge on any atom is 0.324 e. The van der Waals surface area contributed by atoms with E-state index in [0.717, 1.165) is 12.8 Å². The molecule has 0 bridgehead atoms. The van der Waals surface area contributed by atoms with Crippen LogP contribution in [0.2, 0.25) is 5.02 Å². The van der Waals surface area contributed by atoms with Gasteiger partial charge >= 0.3 is 6.03 Å². The Kier molecular flexibility index (Phi) is 3.98. The first kappa shape index (κ1) is 11.9. The van der Waals surface area contributed by atoms with Crippen LogP contribution in [0, 0.1) is 0 Å². The van der Waals surface area contributed by atoms with Crippen molar-refractivity contribution in [1.82, 2.24) is 10.3 Å². The Hall–Kier alpha value is -1.55. The molecule has 2 rings (SSSR count). The number of carbonyl (C=O) groups excluding carboxylic acids is 1. The maximum absolute atomic E-state index is 11.5. The smallest absolute Gasteiger partial charge is 0.314 e. The summed E-state index contributed by atoms with van der Waals surface area (Å²) in [5.74, 6) is 0.483. The fourth-order valence-electron chi connectivity index (χ4n) is 1.74. The van der Waals surface area contributed by atoms with Gasteiger partial charge in [0.2, 0.25) is 0 Å². The number of urea groups is 1. The minimum absolute atomic E-state index is 0.278. The van der Waals surface area contributed by atoms with E-state index in [1.165, 1.54) is 24.6 Å². The van der Waals surface area contributed by atoms with Crippen LogP contribution in [0.1, 0.15) is 25.7 Å². The Morgan fingerprint density at radius 3 is 2.76 bits per heavy atom. The second-order valence-corrected chi connectivity index (χ2v) is 4.41. The number of rotatable bonds is 2.